The molecule has 1 aliphatic rings. The van der Waals surface area contributed by atoms with Crippen molar-refractivity contribution < 1.29 is 18.8 Å². The predicted octanol–water partition coefficient (Wildman–Crippen LogP) is 4.66. The van der Waals surface area contributed by atoms with E-state index < -0.39 is 24.2 Å². The summed E-state index contributed by atoms with van der Waals surface area (Å²) >= 11 is 0. The number of fused-ring (bicyclic) bond motifs is 1. The molecule has 0 saturated heterocycles. The first-order chi connectivity index (χ1) is 15.3. The topological polar surface area (TPSA) is 111 Å². The first-order valence-electron chi connectivity index (χ1n) is 9.98. The molecule has 2 heterocycles. The number of aromatic nitrogens is 2. The van der Waals surface area contributed by atoms with Crippen molar-refractivity contribution in [1.82, 2.24) is 9.97 Å². The van der Waals surface area contributed by atoms with Gasteiger partial charge < -0.3 is 10.5 Å². The molecule has 0 bridgehead atoms. The number of pyridine rings is 2. The van der Waals surface area contributed by atoms with Crippen LogP contribution in [0.2, 0.25) is 0 Å². The molecule has 162 valence electrons. The zero-order chi connectivity index (χ0) is 23.0. The number of rotatable bonds is 5. The standard InChI is InChI=1S/C23H19F2N5O2/c1-3-19(30-32)20-4-12(2)17(11-27-20)16-6-15-10-28-21(7-13(15)5-14(16)9-26)29-22(31)18-8-23(18,24)25/h4-7,10-11,18,32H,3,8H2,1-2H3,(H,28,29,31)/b30-19-/t18-/m1/s1. The Morgan fingerprint density at radius 2 is 2.00 bits per heavy atom. The van der Waals surface area contributed by atoms with E-state index in [-0.39, 0.29) is 5.82 Å². The third-order valence-corrected chi connectivity index (χ3v) is 5.52. The summed E-state index contributed by atoms with van der Waals surface area (Å²) < 4.78 is 26.2. The fraction of sp³-hybridized carbons (Fsp3) is 0.261. The molecule has 0 radical (unpaired) electrons. The maximum atomic E-state index is 13.1. The van der Waals surface area contributed by atoms with Crippen LogP contribution in [0.5, 0.6) is 0 Å². The molecule has 1 amide bonds. The van der Waals surface area contributed by atoms with E-state index >= 15 is 0 Å². The van der Waals surface area contributed by atoms with Crippen molar-refractivity contribution >= 4 is 28.2 Å². The van der Waals surface area contributed by atoms with Crippen molar-refractivity contribution in [3.05, 3.63) is 53.5 Å². The maximum absolute atomic E-state index is 13.1. The molecule has 7 nitrogen and oxygen atoms in total. The Morgan fingerprint density at radius 3 is 2.59 bits per heavy atom. The molecule has 32 heavy (non-hydrogen) atoms. The second kappa shape index (κ2) is 7.96. The van der Waals surface area contributed by atoms with Crippen molar-refractivity contribution in [2.24, 2.45) is 11.1 Å². The monoisotopic (exact) mass is 435 g/mol. The number of nitrogens with zero attached hydrogens (tertiary/aromatic N) is 4. The average molecular weight is 435 g/mol. The number of halogens is 2. The number of alkyl halides is 2. The first-order valence-corrected chi connectivity index (χ1v) is 9.98. The first kappa shape index (κ1) is 21.3. The summed E-state index contributed by atoms with van der Waals surface area (Å²) in [4.78, 5) is 20.5. The predicted molar refractivity (Wildman–Crippen MR) is 115 cm³/mol. The smallest absolute Gasteiger partial charge is 0.260 e. The van der Waals surface area contributed by atoms with Gasteiger partial charge in [-0.15, -0.1) is 0 Å². The highest BCUT2D eigenvalue weighted by Gasteiger charge is 2.61. The van der Waals surface area contributed by atoms with Gasteiger partial charge in [-0.2, -0.15) is 5.26 Å². The molecule has 1 aromatic carbocycles. The van der Waals surface area contributed by atoms with Gasteiger partial charge in [-0.05, 0) is 48.6 Å². The van der Waals surface area contributed by atoms with Gasteiger partial charge in [0.05, 0.1) is 17.3 Å². The number of aryl methyl sites for hydroxylation is 1. The van der Waals surface area contributed by atoms with E-state index in [0.717, 1.165) is 11.1 Å². The quantitative estimate of drug-likeness (QED) is 0.344. The molecule has 0 aliphatic heterocycles. The van der Waals surface area contributed by atoms with Gasteiger partial charge in [0.15, 0.2) is 0 Å². The number of nitriles is 1. The van der Waals surface area contributed by atoms with Gasteiger partial charge >= 0.3 is 0 Å². The molecule has 4 rings (SSSR count). The summed E-state index contributed by atoms with van der Waals surface area (Å²) in [5, 5.41) is 25.9. The molecule has 2 N–H and O–H groups in total. The van der Waals surface area contributed by atoms with Gasteiger partial charge in [0.25, 0.3) is 5.92 Å². The zero-order valence-electron chi connectivity index (χ0n) is 17.4. The fourth-order valence-corrected chi connectivity index (χ4v) is 3.59. The average Bonchev–Trinajstić information content (AvgIpc) is 3.42. The third kappa shape index (κ3) is 3.87. The number of benzene rings is 1. The zero-order valence-corrected chi connectivity index (χ0v) is 17.4. The van der Waals surface area contributed by atoms with Gasteiger partial charge in [0.1, 0.15) is 17.4 Å². The number of carbonyl (C=O) groups excluding carboxylic acids is 1. The van der Waals surface area contributed by atoms with Gasteiger partial charge in [0, 0.05) is 35.3 Å². The van der Waals surface area contributed by atoms with Crippen LogP contribution in [0.1, 0.15) is 36.6 Å². The largest absolute Gasteiger partial charge is 0.411 e. The van der Waals surface area contributed by atoms with Crippen molar-refractivity contribution in [3.8, 4) is 17.2 Å². The number of oxime groups is 1. The lowest BCUT2D eigenvalue weighted by molar-refractivity contribution is -0.119. The molecular weight excluding hydrogens is 416 g/mol. The van der Waals surface area contributed by atoms with Crippen LogP contribution in [0.4, 0.5) is 14.6 Å². The van der Waals surface area contributed by atoms with Crippen LogP contribution < -0.4 is 5.32 Å². The Morgan fingerprint density at radius 1 is 1.25 bits per heavy atom. The molecule has 1 saturated carbocycles. The normalized spacial score (nSPS) is 17.1. The maximum Gasteiger partial charge on any atom is 0.260 e. The van der Waals surface area contributed by atoms with E-state index in [4.69, 9.17) is 5.21 Å². The lowest BCUT2D eigenvalue weighted by Crippen LogP contribution is -2.18. The van der Waals surface area contributed by atoms with Crippen LogP contribution in [0, 0.1) is 24.2 Å². The van der Waals surface area contributed by atoms with E-state index in [1.54, 1.807) is 30.5 Å². The van der Waals surface area contributed by atoms with Crippen LogP contribution in [-0.4, -0.2) is 32.7 Å². The molecule has 1 fully saturated rings. The molecule has 9 heteroatoms. The van der Waals surface area contributed by atoms with E-state index in [1.807, 2.05) is 13.8 Å². The summed E-state index contributed by atoms with van der Waals surface area (Å²) in [7, 11) is 0. The number of hydrogen-bond acceptors (Lipinski definition) is 6. The summed E-state index contributed by atoms with van der Waals surface area (Å²) in [5.74, 6) is -4.88. The van der Waals surface area contributed by atoms with E-state index in [2.05, 4.69) is 26.5 Å². The summed E-state index contributed by atoms with van der Waals surface area (Å²) in [6.07, 6.45) is 3.21. The van der Waals surface area contributed by atoms with E-state index in [1.165, 1.54) is 6.20 Å². The number of anilines is 1. The minimum Gasteiger partial charge on any atom is -0.411 e. The fourth-order valence-electron chi connectivity index (χ4n) is 3.59. The van der Waals surface area contributed by atoms with Crippen LogP contribution >= 0.6 is 0 Å². The summed E-state index contributed by atoms with van der Waals surface area (Å²) in [5.41, 5.74) is 3.66. The minimum atomic E-state index is -2.95. The van der Waals surface area contributed by atoms with Crippen molar-refractivity contribution in [1.29, 1.82) is 5.26 Å². The Hall–Kier alpha value is -3.93. The summed E-state index contributed by atoms with van der Waals surface area (Å²) in [6.45, 7) is 3.73. The van der Waals surface area contributed by atoms with Gasteiger partial charge in [-0.3, -0.25) is 9.78 Å². The van der Waals surface area contributed by atoms with Crippen LogP contribution in [-0.2, 0) is 4.79 Å². The Labute approximate surface area is 182 Å². The van der Waals surface area contributed by atoms with E-state index in [0.29, 0.717) is 39.7 Å². The van der Waals surface area contributed by atoms with Gasteiger partial charge in [0.2, 0.25) is 5.91 Å². The highest BCUT2D eigenvalue weighted by atomic mass is 19.3. The lowest BCUT2D eigenvalue weighted by atomic mass is 9.94. The third-order valence-electron chi connectivity index (χ3n) is 5.52. The van der Waals surface area contributed by atoms with Gasteiger partial charge in [-0.1, -0.05) is 12.1 Å². The Kier molecular flexibility index (Phi) is 5.30. The van der Waals surface area contributed by atoms with Crippen LogP contribution in [0.15, 0.2) is 41.8 Å². The number of hydrogen-bond donors (Lipinski definition) is 2. The van der Waals surface area contributed by atoms with Crippen molar-refractivity contribution in [2.75, 3.05) is 5.32 Å². The molecule has 0 spiro atoms. The SMILES string of the molecule is CC/C(=N/O)c1cc(C)c(-c2cc3cnc(NC(=O)[C@H]4CC4(F)F)cc3cc2C#N)cn1. The Bertz CT molecular complexity index is 1310. The molecule has 2 aromatic heterocycles. The number of carbonyl (C=O) groups is 1. The van der Waals surface area contributed by atoms with E-state index in [9.17, 15) is 18.8 Å². The molecule has 1 atom stereocenters. The minimum absolute atomic E-state index is 0.152. The molecule has 0 unspecified atom stereocenters. The number of amides is 1. The lowest BCUT2D eigenvalue weighted by Gasteiger charge is -2.12. The van der Waals surface area contributed by atoms with Gasteiger partial charge in [-0.25, -0.2) is 13.8 Å². The molecular formula is C23H19F2N5O2. The van der Waals surface area contributed by atoms with Crippen molar-refractivity contribution in [3.63, 3.8) is 0 Å². The second-order valence-electron chi connectivity index (χ2n) is 7.72. The molecule has 3 aromatic rings. The Balaban J connectivity index is 1.69. The van der Waals surface area contributed by atoms with Crippen LogP contribution in [0.25, 0.3) is 21.9 Å². The highest BCUT2D eigenvalue weighted by Crippen LogP contribution is 2.49. The number of nitrogens with one attached hydrogen (secondary N) is 1. The van der Waals surface area contributed by atoms with Crippen LogP contribution in [0.3, 0.4) is 0 Å². The van der Waals surface area contributed by atoms with Crippen molar-refractivity contribution in [2.45, 2.75) is 32.6 Å². The molecule has 1 aliphatic carbocycles. The second-order valence-corrected chi connectivity index (χ2v) is 7.72. The highest BCUT2D eigenvalue weighted by molar-refractivity contribution is 5.99. The summed E-state index contributed by atoms with van der Waals surface area (Å²) in [6, 6.07) is 8.98.